The van der Waals surface area contributed by atoms with Crippen LogP contribution in [0.4, 0.5) is 0 Å². The number of hydrogen-bond acceptors (Lipinski definition) is 5. The van der Waals surface area contributed by atoms with E-state index in [-0.39, 0.29) is 0 Å². The first kappa shape index (κ1) is 15.3. The first-order valence-electron chi connectivity index (χ1n) is 7.13. The van der Waals surface area contributed by atoms with Crippen molar-refractivity contribution in [1.29, 1.82) is 0 Å². The number of rotatable bonds is 5. The Bertz CT molecular complexity index is 421. The van der Waals surface area contributed by atoms with Crippen LogP contribution >= 0.6 is 0 Å². The van der Waals surface area contributed by atoms with E-state index in [1.165, 1.54) is 0 Å². The Morgan fingerprint density at radius 1 is 1.20 bits per heavy atom. The summed E-state index contributed by atoms with van der Waals surface area (Å²) in [7, 11) is -1.76. The number of benzene rings is 1. The number of piperazine rings is 1. The van der Waals surface area contributed by atoms with Crippen LogP contribution in [0.5, 0.6) is 5.75 Å². The minimum absolute atomic E-state index is 0.485. The summed E-state index contributed by atoms with van der Waals surface area (Å²) < 4.78 is 4.88. The van der Waals surface area contributed by atoms with E-state index in [4.69, 9.17) is 14.7 Å². The van der Waals surface area contributed by atoms with Crippen LogP contribution in [0.25, 0.3) is 0 Å². The Balaban J connectivity index is 1.88. The molecule has 1 aliphatic rings. The molecule has 110 valence electrons. The fourth-order valence-electron chi connectivity index (χ4n) is 2.53. The van der Waals surface area contributed by atoms with Crippen molar-refractivity contribution >= 4 is 7.32 Å². The Hall–Kier alpha value is -1.08. The van der Waals surface area contributed by atoms with E-state index in [2.05, 4.69) is 23.6 Å². The van der Waals surface area contributed by atoms with Crippen LogP contribution in [-0.2, 0) is 6.54 Å². The van der Waals surface area contributed by atoms with Crippen molar-refractivity contribution in [3.8, 4) is 5.75 Å². The van der Waals surface area contributed by atoms with Crippen molar-refractivity contribution < 1.29 is 14.7 Å². The average Bonchev–Trinajstić information content (AvgIpc) is 2.39. The van der Waals surface area contributed by atoms with Crippen LogP contribution < -0.4 is 4.65 Å². The van der Waals surface area contributed by atoms with Crippen LogP contribution in [-0.4, -0.2) is 59.4 Å². The third-order valence-electron chi connectivity index (χ3n) is 3.68. The Labute approximate surface area is 120 Å². The molecule has 1 heterocycles. The van der Waals surface area contributed by atoms with Gasteiger partial charge in [-0.15, -0.1) is 0 Å². The summed E-state index contributed by atoms with van der Waals surface area (Å²) in [6.07, 6.45) is 0. The van der Waals surface area contributed by atoms with Gasteiger partial charge < -0.3 is 14.7 Å². The fraction of sp³-hybridized carbons (Fsp3) is 0.571. The van der Waals surface area contributed by atoms with Gasteiger partial charge in [0.1, 0.15) is 5.75 Å². The van der Waals surface area contributed by atoms with E-state index in [1.807, 2.05) is 18.2 Å². The normalized spacial score (nSPS) is 17.4. The highest BCUT2D eigenvalue weighted by molar-refractivity contribution is 6.33. The monoisotopic (exact) mass is 278 g/mol. The predicted molar refractivity (Wildman–Crippen MR) is 79.2 cm³/mol. The molecule has 2 N–H and O–H groups in total. The lowest BCUT2D eigenvalue weighted by Gasteiger charge is -2.36. The molecule has 1 aromatic rings. The van der Waals surface area contributed by atoms with Crippen LogP contribution in [0, 0.1) is 0 Å². The third kappa shape index (κ3) is 4.49. The molecule has 1 aliphatic heterocycles. The van der Waals surface area contributed by atoms with Gasteiger partial charge in [0.15, 0.2) is 0 Å². The molecule has 0 aliphatic carbocycles. The van der Waals surface area contributed by atoms with Gasteiger partial charge in [-0.1, -0.05) is 12.1 Å². The maximum atomic E-state index is 8.82. The second-order valence-corrected chi connectivity index (χ2v) is 5.50. The maximum Gasteiger partial charge on any atom is 0.707 e. The van der Waals surface area contributed by atoms with E-state index in [1.54, 1.807) is 6.07 Å². The molecule has 0 atom stereocenters. The first-order valence-corrected chi connectivity index (χ1v) is 7.13. The molecule has 0 radical (unpaired) electrons. The number of nitrogens with zero attached hydrogens (tertiary/aromatic N) is 2. The zero-order chi connectivity index (χ0) is 14.5. The molecule has 0 spiro atoms. The topological polar surface area (TPSA) is 56.2 Å². The molecule has 0 aromatic heterocycles. The summed E-state index contributed by atoms with van der Waals surface area (Å²) in [5.41, 5.74) is 1.13. The highest BCUT2D eigenvalue weighted by Gasteiger charge is 2.19. The minimum Gasteiger partial charge on any atom is -0.512 e. The summed E-state index contributed by atoms with van der Waals surface area (Å²) >= 11 is 0. The quantitative estimate of drug-likeness (QED) is 0.771. The average molecular weight is 278 g/mol. The lowest BCUT2D eigenvalue weighted by molar-refractivity contribution is 0.104. The van der Waals surface area contributed by atoms with E-state index in [9.17, 15) is 0 Å². The van der Waals surface area contributed by atoms with Crippen molar-refractivity contribution in [3.05, 3.63) is 29.8 Å². The van der Waals surface area contributed by atoms with Crippen LogP contribution in [0.15, 0.2) is 24.3 Å². The van der Waals surface area contributed by atoms with E-state index < -0.39 is 7.32 Å². The molecule has 0 saturated carbocycles. The third-order valence-corrected chi connectivity index (χ3v) is 3.68. The van der Waals surface area contributed by atoms with Gasteiger partial charge in [0.05, 0.1) is 0 Å². The second kappa shape index (κ2) is 7.08. The van der Waals surface area contributed by atoms with Gasteiger partial charge in [0.2, 0.25) is 0 Å². The lowest BCUT2D eigenvalue weighted by Crippen LogP contribution is -2.48. The summed E-state index contributed by atoms with van der Waals surface area (Å²) in [5.74, 6) is 0.485. The molecule has 2 rings (SSSR count). The van der Waals surface area contributed by atoms with E-state index in [0.29, 0.717) is 11.8 Å². The molecule has 0 unspecified atom stereocenters. The van der Waals surface area contributed by atoms with E-state index >= 15 is 0 Å². The summed E-state index contributed by atoms with van der Waals surface area (Å²) in [5, 5.41) is 17.6. The van der Waals surface area contributed by atoms with Crippen molar-refractivity contribution in [2.75, 3.05) is 26.2 Å². The highest BCUT2D eigenvalue weighted by Crippen LogP contribution is 2.16. The van der Waals surface area contributed by atoms with Crippen LogP contribution in [0.3, 0.4) is 0 Å². The highest BCUT2D eigenvalue weighted by atomic mass is 16.6. The van der Waals surface area contributed by atoms with Crippen LogP contribution in [0.2, 0.25) is 0 Å². The molecule has 6 heteroatoms. The molecule has 20 heavy (non-hydrogen) atoms. The number of hydrogen-bond donors (Lipinski definition) is 2. The lowest BCUT2D eigenvalue weighted by atomic mass is 10.1. The van der Waals surface area contributed by atoms with Gasteiger partial charge in [-0.25, -0.2) is 0 Å². The SMILES string of the molecule is CC(C)N1CCN(Cc2cccc(OB(O)O)c2)CC1. The Kier molecular flexibility index (Phi) is 5.42. The minimum atomic E-state index is -1.76. The smallest absolute Gasteiger partial charge is 0.512 e. The Morgan fingerprint density at radius 3 is 2.50 bits per heavy atom. The van der Waals surface area contributed by atoms with Crippen molar-refractivity contribution in [2.24, 2.45) is 0 Å². The largest absolute Gasteiger partial charge is 0.707 e. The van der Waals surface area contributed by atoms with Crippen molar-refractivity contribution in [2.45, 2.75) is 26.4 Å². The second-order valence-electron chi connectivity index (χ2n) is 5.50. The molecule has 1 aromatic carbocycles. The Morgan fingerprint density at radius 2 is 1.90 bits per heavy atom. The molecular formula is C14H23BN2O3. The molecule has 0 bridgehead atoms. The van der Waals surface area contributed by atoms with Gasteiger partial charge >= 0.3 is 7.32 Å². The summed E-state index contributed by atoms with van der Waals surface area (Å²) in [4.78, 5) is 4.89. The molecule has 1 saturated heterocycles. The molecule has 0 amide bonds. The van der Waals surface area contributed by atoms with Gasteiger partial charge in [0, 0.05) is 38.8 Å². The fourth-order valence-corrected chi connectivity index (χ4v) is 2.53. The van der Waals surface area contributed by atoms with Crippen molar-refractivity contribution in [1.82, 2.24) is 9.80 Å². The van der Waals surface area contributed by atoms with Gasteiger partial charge in [0.25, 0.3) is 0 Å². The standard InChI is InChI=1S/C14H23BN2O3/c1-12(2)17-8-6-16(7-9-17)11-13-4-3-5-14(10-13)20-15(18)19/h3-5,10,12,18-19H,6-9,11H2,1-2H3. The van der Waals surface area contributed by atoms with Crippen LogP contribution in [0.1, 0.15) is 19.4 Å². The molecule has 1 fully saturated rings. The summed E-state index contributed by atoms with van der Waals surface area (Å²) in [6.45, 7) is 9.65. The van der Waals surface area contributed by atoms with Gasteiger partial charge in [-0.3, -0.25) is 9.80 Å². The van der Waals surface area contributed by atoms with Crippen molar-refractivity contribution in [3.63, 3.8) is 0 Å². The summed E-state index contributed by atoms with van der Waals surface area (Å²) in [6, 6.07) is 8.09. The maximum absolute atomic E-state index is 8.82. The zero-order valence-electron chi connectivity index (χ0n) is 12.2. The van der Waals surface area contributed by atoms with Gasteiger partial charge in [-0.05, 0) is 31.5 Å². The van der Waals surface area contributed by atoms with Gasteiger partial charge in [-0.2, -0.15) is 0 Å². The first-order chi connectivity index (χ1) is 9.54. The molecular weight excluding hydrogens is 255 g/mol. The van der Waals surface area contributed by atoms with E-state index in [0.717, 1.165) is 38.3 Å². The zero-order valence-corrected chi connectivity index (χ0v) is 12.2. The molecule has 5 nitrogen and oxygen atoms in total. The predicted octanol–water partition coefficient (Wildman–Crippen LogP) is 0.561.